The van der Waals surface area contributed by atoms with E-state index < -0.39 is 16.1 Å². The second-order valence-corrected chi connectivity index (χ2v) is 7.74. The number of aromatic nitrogens is 3. The number of H-pyrrole nitrogens is 1. The Kier molecular flexibility index (Phi) is 4.35. The minimum atomic E-state index is -3.72. The Morgan fingerprint density at radius 2 is 2.08 bits per heavy atom. The van der Waals surface area contributed by atoms with Crippen LogP contribution in [-0.2, 0) is 10.0 Å². The van der Waals surface area contributed by atoms with Crippen LogP contribution in [0.25, 0.3) is 22.0 Å². The van der Waals surface area contributed by atoms with Crippen LogP contribution in [0.4, 0.5) is 10.6 Å². The number of nitrogens with two attached hydrogens (primary N) is 1. The molecule has 0 atom stereocenters. The largest absolute Gasteiger partial charge is 0.427 e. The molecule has 0 aliphatic heterocycles. The highest BCUT2D eigenvalue weighted by Crippen LogP contribution is 2.33. The molecule has 1 amide bonds. The van der Waals surface area contributed by atoms with Gasteiger partial charge >= 0.3 is 6.09 Å². The summed E-state index contributed by atoms with van der Waals surface area (Å²) >= 11 is 3.45. The van der Waals surface area contributed by atoms with Crippen molar-refractivity contribution in [2.75, 3.05) is 12.0 Å². The number of hydrogen-bond acceptors (Lipinski definition) is 7. The Morgan fingerprint density at radius 3 is 2.80 bits per heavy atom. The SMILES string of the molecule is CS(=O)(=O)NC(=O)Oc1cc(-c2cc(Br)c3[nH]nc(N)c3c2)ccn1. The van der Waals surface area contributed by atoms with Crippen LogP contribution < -0.4 is 15.2 Å². The van der Waals surface area contributed by atoms with E-state index in [0.717, 1.165) is 27.2 Å². The molecule has 25 heavy (non-hydrogen) atoms. The number of anilines is 1. The standard InChI is InChI=1S/C14H12BrN5O4S/c1-25(22,23)20-14(21)24-11-6-7(2-3-17-11)8-4-9-12(10(15)5-8)18-19-13(9)16/h2-6H,1H3,(H,20,21)(H3,16,18,19). The summed E-state index contributed by atoms with van der Waals surface area (Å²) in [6, 6.07) is 6.89. The van der Waals surface area contributed by atoms with Gasteiger partial charge in [-0.05, 0) is 45.3 Å². The third-order valence-corrected chi connectivity index (χ3v) is 4.35. The molecule has 3 rings (SSSR count). The summed E-state index contributed by atoms with van der Waals surface area (Å²) < 4.78 is 29.4. The number of sulfonamides is 1. The number of nitrogens with one attached hydrogen (secondary N) is 2. The van der Waals surface area contributed by atoms with Gasteiger partial charge in [0.05, 0.1) is 11.8 Å². The molecule has 11 heteroatoms. The topological polar surface area (TPSA) is 140 Å². The summed E-state index contributed by atoms with van der Waals surface area (Å²) in [5, 5.41) is 7.52. The van der Waals surface area contributed by atoms with E-state index in [1.807, 2.05) is 12.1 Å². The number of carbonyl (C=O) groups is 1. The summed E-state index contributed by atoms with van der Waals surface area (Å²) in [7, 11) is -3.72. The molecule has 130 valence electrons. The molecule has 9 nitrogen and oxygen atoms in total. The van der Waals surface area contributed by atoms with Gasteiger partial charge in [0.25, 0.3) is 0 Å². The molecule has 0 spiro atoms. The van der Waals surface area contributed by atoms with E-state index in [-0.39, 0.29) is 5.88 Å². The summed E-state index contributed by atoms with van der Waals surface area (Å²) in [5.74, 6) is 0.311. The molecule has 3 aromatic rings. The number of fused-ring (bicyclic) bond motifs is 1. The molecular formula is C14H12BrN5O4S. The van der Waals surface area contributed by atoms with Crippen LogP contribution in [-0.4, -0.2) is 35.9 Å². The lowest BCUT2D eigenvalue weighted by Gasteiger charge is -2.07. The highest BCUT2D eigenvalue weighted by molar-refractivity contribution is 9.10. The van der Waals surface area contributed by atoms with Crippen LogP contribution in [0.15, 0.2) is 34.9 Å². The Hall–Kier alpha value is -2.66. The monoisotopic (exact) mass is 425 g/mol. The molecule has 0 unspecified atom stereocenters. The predicted octanol–water partition coefficient (Wildman–Crippen LogP) is 2.02. The van der Waals surface area contributed by atoms with Crippen LogP contribution in [0, 0.1) is 0 Å². The molecule has 0 bridgehead atoms. The number of hydrogen-bond donors (Lipinski definition) is 3. The number of halogens is 1. The second kappa shape index (κ2) is 6.33. The lowest BCUT2D eigenvalue weighted by Crippen LogP contribution is -2.32. The summed E-state index contributed by atoms with van der Waals surface area (Å²) in [4.78, 5) is 15.4. The van der Waals surface area contributed by atoms with Crippen molar-refractivity contribution in [2.24, 2.45) is 0 Å². The molecule has 1 aromatic carbocycles. The van der Waals surface area contributed by atoms with Gasteiger partial charge in [-0.15, -0.1) is 0 Å². The third kappa shape index (κ3) is 3.88. The minimum Gasteiger partial charge on any atom is -0.391 e. The molecule has 0 saturated heterocycles. The normalized spacial score (nSPS) is 11.4. The lowest BCUT2D eigenvalue weighted by molar-refractivity contribution is 0.205. The lowest BCUT2D eigenvalue weighted by atomic mass is 10.1. The maximum atomic E-state index is 11.5. The predicted molar refractivity (Wildman–Crippen MR) is 95.4 cm³/mol. The number of aromatic amines is 1. The number of pyridine rings is 1. The fourth-order valence-corrected chi connectivity index (χ4v) is 3.07. The second-order valence-electron chi connectivity index (χ2n) is 5.14. The highest BCUT2D eigenvalue weighted by atomic mass is 79.9. The van der Waals surface area contributed by atoms with Crippen molar-refractivity contribution in [2.45, 2.75) is 0 Å². The van der Waals surface area contributed by atoms with E-state index in [0.29, 0.717) is 11.4 Å². The number of amides is 1. The first-order valence-electron chi connectivity index (χ1n) is 6.82. The van der Waals surface area contributed by atoms with Gasteiger partial charge in [0.1, 0.15) is 0 Å². The van der Waals surface area contributed by atoms with E-state index >= 15 is 0 Å². The van der Waals surface area contributed by atoms with Gasteiger partial charge in [0.15, 0.2) is 5.82 Å². The van der Waals surface area contributed by atoms with E-state index in [2.05, 4.69) is 31.1 Å². The zero-order valence-corrected chi connectivity index (χ0v) is 15.2. The Morgan fingerprint density at radius 1 is 1.32 bits per heavy atom. The highest BCUT2D eigenvalue weighted by Gasteiger charge is 2.13. The van der Waals surface area contributed by atoms with Crippen LogP contribution in [0.2, 0.25) is 0 Å². The Labute approximate surface area is 150 Å². The van der Waals surface area contributed by atoms with Crippen LogP contribution in [0.1, 0.15) is 0 Å². The molecule has 0 saturated carbocycles. The van der Waals surface area contributed by atoms with Gasteiger partial charge in [0, 0.05) is 22.1 Å². The molecule has 0 aliphatic carbocycles. The zero-order valence-electron chi connectivity index (χ0n) is 12.8. The zero-order chi connectivity index (χ0) is 18.2. The molecule has 0 radical (unpaired) electrons. The molecule has 2 heterocycles. The first-order valence-corrected chi connectivity index (χ1v) is 9.50. The van der Waals surface area contributed by atoms with Crippen LogP contribution in [0.3, 0.4) is 0 Å². The molecule has 0 fully saturated rings. The minimum absolute atomic E-state index is 0.0463. The number of benzene rings is 1. The van der Waals surface area contributed by atoms with Crippen molar-refractivity contribution in [3.05, 3.63) is 34.9 Å². The average Bonchev–Trinajstić information content (AvgIpc) is 2.87. The number of carbonyl (C=O) groups excluding carboxylic acids is 1. The van der Waals surface area contributed by atoms with Crippen LogP contribution >= 0.6 is 15.9 Å². The van der Waals surface area contributed by atoms with Crippen LogP contribution in [0.5, 0.6) is 5.88 Å². The molecule has 0 aliphatic rings. The smallest absolute Gasteiger partial charge is 0.391 e. The molecular weight excluding hydrogens is 414 g/mol. The average molecular weight is 426 g/mol. The maximum Gasteiger partial charge on any atom is 0.427 e. The van der Waals surface area contributed by atoms with Gasteiger partial charge in [0.2, 0.25) is 15.9 Å². The van der Waals surface area contributed by atoms with Crippen molar-refractivity contribution >= 4 is 48.8 Å². The van der Waals surface area contributed by atoms with Gasteiger partial charge in [-0.3, -0.25) is 5.10 Å². The van der Waals surface area contributed by atoms with E-state index in [1.54, 1.807) is 10.8 Å². The summed E-state index contributed by atoms with van der Waals surface area (Å²) in [6.07, 6.45) is 1.15. The number of nitrogen functional groups attached to an aromatic ring is 1. The van der Waals surface area contributed by atoms with Gasteiger partial charge in [-0.1, -0.05) is 0 Å². The quantitative estimate of drug-likeness (QED) is 0.582. The van der Waals surface area contributed by atoms with Crippen molar-refractivity contribution < 1.29 is 17.9 Å². The fourth-order valence-electron chi connectivity index (χ4n) is 2.18. The number of nitrogens with zero attached hydrogens (tertiary/aromatic N) is 2. The molecule has 2 aromatic heterocycles. The maximum absolute atomic E-state index is 11.5. The van der Waals surface area contributed by atoms with Crippen molar-refractivity contribution in [3.63, 3.8) is 0 Å². The van der Waals surface area contributed by atoms with Crippen molar-refractivity contribution in [1.82, 2.24) is 19.9 Å². The Balaban J connectivity index is 1.94. The summed E-state index contributed by atoms with van der Waals surface area (Å²) in [6.45, 7) is 0. The number of ether oxygens (including phenoxy) is 1. The first kappa shape index (κ1) is 17.2. The third-order valence-electron chi connectivity index (χ3n) is 3.19. The van der Waals surface area contributed by atoms with E-state index in [1.165, 1.54) is 12.3 Å². The number of rotatable bonds is 3. The van der Waals surface area contributed by atoms with Crippen molar-refractivity contribution in [3.8, 4) is 17.0 Å². The first-order chi connectivity index (χ1) is 11.7. The Bertz CT molecular complexity index is 1080. The van der Waals surface area contributed by atoms with E-state index in [9.17, 15) is 13.2 Å². The summed E-state index contributed by atoms with van der Waals surface area (Å²) in [5.41, 5.74) is 8.08. The van der Waals surface area contributed by atoms with Crippen molar-refractivity contribution in [1.29, 1.82) is 0 Å². The van der Waals surface area contributed by atoms with Gasteiger partial charge < -0.3 is 10.5 Å². The molecule has 4 N–H and O–H groups in total. The van der Waals surface area contributed by atoms with Gasteiger partial charge in [-0.25, -0.2) is 22.9 Å². The van der Waals surface area contributed by atoms with E-state index in [4.69, 9.17) is 10.5 Å². The van der Waals surface area contributed by atoms with Gasteiger partial charge in [-0.2, -0.15) is 5.10 Å². The fraction of sp³-hybridized carbons (Fsp3) is 0.0714.